The first-order chi connectivity index (χ1) is 7.72. The van der Waals surface area contributed by atoms with Gasteiger partial charge in [-0.15, -0.1) is 0 Å². The molecule has 0 heterocycles. The third kappa shape index (κ3) is 5.13. The van der Waals surface area contributed by atoms with Gasteiger partial charge in [0, 0.05) is 13.7 Å². The van der Waals surface area contributed by atoms with Crippen molar-refractivity contribution in [2.45, 2.75) is 26.7 Å². The Kier molecular flexibility index (Phi) is 5.87. The molecule has 0 bridgehead atoms. The molecule has 0 radical (unpaired) electrons. The second-order valence-electron chi connectivity index (χ2n) is 4.45. The Morgan fingerprint density at radius 2 is 2.19 bits per heavy atom. The Hall–Kier alpha value is -1.08. The first kappa shape index (κ1) is 13.0. The van der Waals surface area contributed by atoms with E-state index in [4.69, 9.17) is 4.74 Å². The van der Waals surface area contributed by atoms with Crippen LogP contribution in [0.2, 0.25) is 0 Å². The normalized spacial score (nSPS) is 13.2. The lowest BCUT2D eigenvalue weighted by Crippen LogP contribution is -2.02. The van der Waals surface area contributed by atoms with Crippen molar-refractivity contribution < 1.29 is 4.74 Å². The molecule has 1 aromatic carbocycles. The Bertz CT molecular complexity index is 328. The summed E-state index contributed by atoms with van der Waals surface area (Å²) in [5.74, 6) is 0.646. The number of methoxy groups -OCH3 is 1. The third-order valence-corrected chi connectivity index (χ3v) is 2.63. The topological polar surface area (TPSA) is 9.23 Å². The van der Waals surface area contributed by atoms with E-state index in [1.54, 1.807) is 7.11 Å². The summed E-state index contributed by atoms with van der Waals surface area (Å²) in [5.41, 5.74) is 2.61. The van der Waals surface area contributed by atoms with Crippen molar-refractivity contribution in [1.29, 1.82) is 0 Å². The minimum Gasteiger partial charge on any atom is -0.384 e. The fourth-order valence-electron chi connectivity index (χ4n) is 1.74. The predicted molar refractivity (Wildman–Crippen MR) is 70.5 cm³/mol. The van der Waals surface area contributed by atoms with Crippen LogP contribution in [0.3, 0.4) is 0 Å². The van der Waals surface area contributed by atoms with Crippen LogP contribution in [0.5, 0.6) is 0 Å². The molecule has 0 saturated heterocycles. The van der Waals surface area contributed by atoms with Gasteiger partial charge in [-0.05, 0) is 31.2 Å². The number of rotatable bonds is 6. The molecule has 1 unspecified atom stereocenters. The van der Waals surface area contributed by atoms with Gasteiger partial charge in [0.25, 0.3) is 0 Å². The van der Waals surface area contributed by atoms with Crippen LogP contribution in [0.15, 0.2) is 30.3 Å². The fourth-order valence-corrected chi connectivity index (χ4v) is 1.74. The molecule has 0 fully saturated rings. The van der Waals surface area contributed by atoms with Crippen LogP contribution < -0.4 is 0 Å². The molecule has 1 heteroatoms. The zero-order chi connectivity index (χ0) is 11.8. The van der Waals surface area contributed by atoms with Crippen LogP contribution in [0, 0.1) is 12.8 Å². The van der Waals surface area contributed by atoms with Gasteiger partial charge in [0.05, 0.1) is 0 Å². The molecule has 0 N–H and O–H groups in total. The lowest BCUT2D eigenvalue weighted by molar-refractivity contribution is 0.156. The van der Waals surface area contributed by atoms with Gasteiger partial charge in [-0.2, -0.15) is 0 Å². The van der Waals surface area contributed by atoms with Gasteiger partial charge in [0.1, 0.15) is 0 Å². The van der Waals surface area contributed by atoms with Crippen molar-refractivity contribution in [1.82, 2.24) is 0 Å². The zero-order valence-corrected chi connectivity index (χ0v) is 10.6. The van der Waals surface area contributed by atoms with Gasteiger partial charge in [0.2, 0.25) is 0 Å². The van der Waals surface area contributed by atoms with Gasteiger partial charge in [-0.1, -0.05) is 48.9 Å². The summed E-state index contributed by atoms with van der Waals surface area (Å²) in [4.78, 5) is 0. The molecule has 1 aromatic rings. The lowest BCUT2D eigenvalue weighted by Gasteiger charge is -2.07. The second kappa shape index (κ2) is 7.24. The van der Waals surface area contributed by atoms with E-state index in [2.05, 4.69) is 50.3 Å². The molecule has 1 rings (SSSR count). The van der Waals surface area contributed by atoms with Crippen LogP contribution in [0.1, 0.15) is 30.9 Å². The van der Waals surface area contributed by atoms with Crippen molar-refractivity contribution in [3.63, 3.8) is 0 Å². The monoisotopic (exact) mass is 218 g/mol. The molecular formula is C15H22O. The van der Waals surface area contributed by atoms with Crippen molar-refractivity contribution in [3.05, 3.63) is 41.5 Å². The minimum atomic E-state index is 0.646. The molecule has 1 nitrogen and oxygen atoms in total. The summed E-state index contributed by atoms with van der Waals surface area (Å²) in [7, 11) is 1.76. The van der Waals surface area contributed by atoms with E-state index in [0.717, 1.165) is 13.0 Å². The van der Waals surface area contributed by atoms with E-state index < -0.39 is 0 Å². The summed E-state index contributed by atoms with van der Waals surface area (Å²) in [5, 5.41) is 0. The molecule has 0 aromatic heterocycles. The first-order valence-corrected chi connectivity index (χ1v) is 5.94. The maximum atomic E-state index is 5.11. The number of aryl methyl sites for hydroxylation is 1. The Labute approximate surface area is 99.1 Å². The van der Waals surface area contributed by atoms with E-state index in [-0.39, 0.29) is 0 Å². The molecule has 0 saturated carbocycles. The van der Waals surface area contributed by atoms with Gasteiger partial charge >= 0.3 is 0 Å². The van der Waals surface area contributed by atoms with E-state index in [1.807, 2.05) is 0 Å². The van der Waals surface area contributed by atoms with Crippen LogP contribution in [-0.2, 0) is 4.74 Å². The maximum Gasteiger partial charge on any atom is 0.0487 e. The summed E-state index contributed by atoms with van der Waals surface area (Å²) < 4.78 is 5.11. The van der Waals surface area contributed by atoms with Crippen LogP contribution in [-0.4, -0.2) is 13.7 Å². The smallest absolute Gasteiger partial charge is 0.0487 e. The Balaban J connectivity index is 2.32. The quantitative estimate of drug-likeness (QED) is 0.699. The van der Waals surface area contributed by atoms with Crippen molar-refractivity contribution in [2.24, 2.45) is 5.92 Å². The van der Waals surface area contributed by atoms with E-state index >= 15 is 0 Å². The summed E-state index contributed by atoms with van der Waals surface area (Å²) in [6, 6.07) is 8.57. The zero-order valence-electron chi connectivity index (χ0n) is 10.6. The molecule has 88 valence electrons. The van der Waals surface area contributed by atoms with E-state index in [0.29, 0.717) is 5.92 Å². The van der Waals surface area contributed by atoms with Crippen LogP contribution >= 0.6 is 0 Å². The predicted octanol–water partition coefficient (Wildman–Crippen LogP) is 4.07. The molecule has 16 heavy (non-hydrogen) atoms. The van der Waals surface area contributed by atoms with Crippen molar-refractivity contribution in [2.75, 3.05) is 13.7 Å². The highest BCUT2D eigenvalue weighted by atomic mass is 16.5. The number of benzene rings is 1. The second-order valence-corrected chi connectivity index (χ2v) is 4.45. The van der Waals surface area contributed by atoms with Crippen LogP contribution in [0.4, 0.5) is 0 Å². The first-order valence-electron chi connectivity index (χ1n) is 5.94. The molecular weight excluding hydrogens is 196 g/mol. The highest BCUT2D eigenvalue weighted by Gasteiger charge is 1.98. The third-order valence-electron chi connectivity index (χ3n) is 2.63. The molecule has 0 spiro atoms. The standard InChI is InChI=1S/C15H22O/c1-13-8-6-10-15(11-13)9-5-4-7-14(2)12-16-3/h5-6,8-11,14H,4,7,12H2,1-3H3/b9-5+. The van der Waals surface area contributed by atoms with Gasteiger partial charge in [-0.25, -0.2) is 0 Å². The molecule has 1 atom stereocenters. The van der Waals surface area contributed by atoms with Gasteiger partial charge < -0.3 is 4.74 Å². The highest BCUT2D eigenvalue weighted by Crippen LogP contribution is 2.09. The SMILES string of the molecule is COCC(C)CC/C=C/c1cccc(C)c1. The van der Waals surface area contributed by atoms with Gasteiger partial charge in [-0.3, -0.25) is 0 Å². The number of ether oxygens (including phenoxy) is 1. The average Bonchev–Trinajstić information content (AvgIpc) is 2.25. The molecule has 0 amide bonds. The van der Waals surface area contributed by atoms with Crippen molar-refractivity contribution >= 4 is 6.08 Å². The Morgan fingerprint density at radius 3 is 2.88 bits per heavy atom. The number of hydrogen-bond acceptors (Lipinski definition) is 1. The fraction of sp³-hybridized carbons (Fsp3) is 0.467. The van der Waals surface area contributed by atoms with E-state index in [9.17, 15) is 0 Å². The molecule has 0 aliphatic heterocycles. The Morgan fingerprint density at radius 1 is 1.38 bits per heavy atom. The average molecular weight is 218 g/mol. The lowest BCUT2D eigenvalue weighted by atomic mass is 10.1. The number of allylic oxidation sites excluding steroid dienone is 1. The van der Waals surface area contributed by atoms with Gasteiger partial charge in [0.15, 0.2) is 0 Å². The van der Waals surface area contributed by atoms with Crippen molar-refractivity contribution in [3.8, 4) is 0 Å². The van der Waals surface area contributed by atoms with E-state index in [1.165, 1.54) is 17.5 Å². The maximum absolute atomic E-state index is 5.11. The largest absolute Gasteiger partial charge is 0.384 e. The molecule has 0 aliphatic carbocycles. The molecule has 0 aliphatic rings. The summed E-state index contributed by atoms with van der Waals surface area (Å²) in [6.45, 7) is 5.21. The number of hydrogen-bond donors (Lipinski definition) is 0. The highest BCUT2D eigenvalue weighted by molar-refractivity contribution is 5.49. The minimum absolute atomic E-state index is 0.646. The summed E-state index contributed by atoms with van der Waals surface area (Å²) in [6.07, 6.45) is 6.77. The van der Waals surface area contributed by atoms with Crippen LogP contribution in [0.25, 0.3) is 6.08 Å². The summed E-state index contributed by atoms with van der Waals surface area (Å²) >= 11 is 0.